The van der Waals surface area contributed by atoms with Gasteiger partial charge in [0.2, 0.25) is 0 Å². The molecule has 20 heavy (non-hydrogen) atoms. The topological polar surface area (TPSA) is 44.3 Å². The van der Waals surface area contributed by atoms with Crippen LogP contribution in [-0.2, 0) is 0 Å². The van der Waals surface area contributed by atoms with E-state index >= 15 is 0 Å². The fraction of sp³-hybridized carbons (Fsp3) is 0.571. The molecule has 0 aromatic heterocycles. The van der Waals surface area contributed by atoms with Gasteiger partial charge in [0.25, 0.3) is 0 Å². The van der Waals surface area contributed by atoms with Crippen LogP contribution in [0.15, 0.2) is 12.1 Å². The van der Waals surface area contributed by atoms with Crippen molar-refractivity contribution >= 4 is 5.69 Å². The molecule has 0 spiro atoms. The minimum Gasteiger partial charge on any atom is -0.371 e. The largest absolute Gasteiger partial charge is 0.371 e. The Labute approximate surface area is 116 Å². The lowest BCUT2D eigenvalue weighted by Gasteiger charge is -2.39. The van der Waals surface area contributed by atoms with Gasteiger partial charge in [0.1, 0.15) is 5.72 Å². The third-order valence-electron chi connectivity index (χ3n) is 3.94. The molecule has 3 nitrogen and oxygen atoms in total. The Morgan fingerprint density at radius 1 is 1.25 bits per heavy atom. The number of hydrogen-bond acceptors (Lipinski definition) is 3. The molecule has 1 fully saturated rings. The van der Waals surface area contributed by atoms with Gasteiger partial charge in [-0.05, 0) is 44.5 Å². The van der Waals surface area contributed by atoms with E-state index in [0.29, 0.717) is 6.42 Å². The van der Waals surface area contributed by atoms with Crippen molar-refractivity contribution < 1.29 is 18.3 Å². The first kappa shape index (κ1) is 15.1. The van der Waals surface area contributed by atoms with Gasteiger partial charge in [-0.2, -0.15) is 0 Å². The maximum atomic E-state index is 13.7. The summed E-state index contributed by atoms with van der Waals surface area (Å²) in [6.07, 6.45) is 1.82. The zero-order chi connectivity index (χ0) is 14.8. The normalized spacial score (nSPS) is 19.6. The Kier molecular flexibility index (Phi) is 4.55. The first-order valence-corrected chi connectivity index (χ1v) is 6.82. The first-order valence-electron chi connectivity index (χ1n) is 6.82. The highest BCUT2D eigenvalue weighted by molar-refractivity contribution is 5.47. The number of piperidine rings is 1. The molecule has 1 aliphatic heterocycles. The Balaban J connectivity index is 2.23. The van der Waals surface area contributed by atoms with E-state index in [4.69, 9.17) is 0 Å². The van der Waals surface area contributed by atoms with Crippen molar-refractivity contribution in [3.05, 3.63) is 29.6 Å². The van der Waals surface area contributed by atoms with E-state index in [9.17, 15) is 18.3 Å². The van der Waals surface area contributed by atoms with Gasteiger partial charge in [0.15, 0.2) is 17.5 Å². The second kappa shape index (κ2) is 6.01. The van der Waals surface area contributed by atoms with Crippen LogP contribution >= 0.6 is 0 Å². The Morgan fingerprint density at radius 3 is 2.50 bits per heavy atom. The maximum absolute atomic E-state index is 13.7. The molecule has 1 unspecified atom stereocenters. The van der Waals surface area contributed by atoms with Crippen molar-refractivity contribution in [2.24, 2.45) is 5.92 Å². The second-order valence-corrected chi connectivity index (χ2v) is 5.15. The van der Waals surface area contributed by atoms with Crippen LogP contribution in [0, 0.1) is 23.4 Å². The van der Waals surface area contributed by atoms with E-state index < -0.39 is 23.2 Å². The quantitative estimate of drug-likeness (QED) is 0.589. The van der Waals surface area contributed by atoms with E-state index in [1.807, 2.05) is 0 Å². The summed E-state index contributed by atoms with van der Waals surface area (Å²) in [7, 11) is 0. The molecule has 1 heterocycles. The van der Waals surface area contributed by atoms with Gasteiger partial charge in [0, 0.05) is 5.92 Å². The van der Waals surface area contributed by atoms with Gasteiger partial charge in [-0.3, -0.25) is 0 Å². The molecular formula is C14H19F3N2O. The molecule has 3 N–H and O–H groups in total. The Bertz CT molecular complexity index is 478. The van der Waals surface area contributed by atoms with Crippen molar-refractivity contribution in [3.8, 4) is 0 Å². The van der Waals surface area contributed by atoms with Crippen LogP contribution in [0.3, 0.4) is 0 Å². The average molecular weight is 288 g/mol. The fourth-order valence-corrected chi connectivity index (χ4v) is 2.63. The van der Waals surface area contributed by atoms with Crippen LogP contribution in [0.25, 0.3) is 0 Å². The monoisotopic (exact) mass is 288 g/mol. The molecule has 1 aliphatic rings. The van der Waals surface area contributed by atoms with Crippen LogP contribution < -0.4 is 10.6 Å². The molecule has 0 aliphatic carbocycles. The van der Waals surface area contributed by atoms with Crippen molar-refractivity contribution in [2.45, 2.75) is 31.9 Å². The molecule has 2 rings (SSSR count). The number of rotatable bonds is 4. The van der Waals surface area contributed by atoms with Crippen LogP contribution in [0.1, 0.15) is 26.2 Å². The number of aliphatic hydroxyl groups is 1. The van der Waals surface area contributed by atoms with E-state index in [1.54, 1.807) is 6.92 Å². The predicted octanol–water partition coefficient (Wildman–Crippen LogP) is 2.61. The van der Waals surface area contributed by atoms with Crippen molar-refractivity contribution in [3.63, 3.8) is 0 Å². The van der Waals surface area contributed by atoms with E-state index in [-0.39, 0.29) is 11.6 Å². The zero-order valence-corrected chi connectivity index (χ0v) is 11.3. The summed E-state index contributed by atoms with van der Waals surface area (Å²) in [5.74, 6) is -4.14. The summed E-state index contributed by atoms with van der Waals surface area (Å²) in [5, 5.41) is 16.5. The summed E-state index contributed by atoms with van der Waals surface area (Å²) < 4.78 is 39.8. The molecule has 0 radical (unpaired) electrons. The number of hydrogen-bond donors (Lipinski definition) is 3. The van der Waals surface area contributed by atoms with Gasteiger partial charge >= 0.3 is 0 Å². The first-order chi connectivity index (χ1) is 9.48. The van der Waals surface area contributed by atoms with Crippen molar-refractivity contribution in [1.82, 2.24) is 5.32 Å². The molecular weight excluding hydrogens is 269 g/mol. The fourth-order valence-electron chi connectivity index (χ4n) is 2.63. The van der Waals surface area contributed by atoms with Crippen LogP contribution in [-0.4, -0.2) is 23.9 Å². The van der Waals surface area contributed by atoms with Crippen LogP contribution in [0.5, 0.6) is 0 Å². The summed E-state index contributed by atoms with van der Waals surface area (Å²) in [6.45, 7) is 3.32. The van der Waals surface area contributed by atoms with Gasteiger partial charge in [-0.1, -0.05) is 6.92 Å². The van der Waals surface area contributed by atoms with Gasteiger partial charge in [0.05, 0.1) is 5.69 Å². The number of anilines is 1. The molecule has 0 amide bonds. The van der Waals surface area contributed by atoms with Crippen molar-refractivity contribution in [1.29, 1.82) is 0 Å². The van der Waals surface area contributed by atoms with E-state index in [2.05, 4.69) is 10.6 Å². The molecule has 1 aromatic carbocycles. The third-order valence-corrected chi connectivity index (χ3v) is 3.94. The Morgan fingerprint density at radius 2 is 1.90 bits per heavy atom. The highest BCUT2D eigenvalue weighted by Crippen LogP contribution is 2.32. The Hall–Kier alpha value is -1.27. The smallest absolute Gasteiger partial charge is 0.196 e. The van der Waals surface area contributed by atoms with Gasteiger partial charge < -0.3 is 15.7 Å². The van der Waals surface area contributed by atoms with Crippen molar-refractivity contribution in [2.75, 3.05) is 18.4 Å². The summed E-state index contributed by atoms with van der Waals surface area (Å²) >= 11 is 0. The average Bonchev–Trinajstić information content (AvgIpc) is 2.48. The lowest BCUT2D eigenvalue weighted by Crippen LogP contribution is -2.49. The highest BCUT2D eigenvalue weighted by Gasteiger charge is 2.36. The SMILES string of the molecule is CCC(O)(Nc1ccc(F)c(F)c1F)C1CCNCC1. The van der Waals surface area contributed by atoms with E-state index in [0.717, 1.165) is 38.1 Å². The number of benzene rings is 1. The highest BCUT2D eigenvalue weighted by atomic mass is 19.2. The molecule has 0 saturated carbocycles. The molecule has 0 bridgehead atoms. The third kappa shape index (κ3) is 2.91. The second-order valence-electron chi connectivity index (χ2n) is 5.15. The molecule has 1 saturated heterocycles. The minimum atomic E-state index is -1.53. The van der Waals surface area contributed by atoms with Gasteiger partial charge in [-0.15, -0.1) is 0 Å². The minimum absolute atomic E-state index is 0.0683. The predicted molar refractivity (Wildman–Crippen MR) is 70.8 cm³/mol. The lowest BCUT2D eigenvalue weighted by molar-refractivity contribution is -0.00823. The lowest BCUT2D eigenvalue weighted by atomic mass is 9.85. The molecule has 1 aromatic rings. The van der Waals surface area contributed by atoms with Crippen LogP contribution in [0.4, 0.5) is 18.9 Å². The molecule has 1 atom stereocenters. The van der Waals surface area contributed by atoms with Gasteiger partial charge in [-0.25, -0.2) is 13.2 Å². The standard InChI is InChI=1S/C14H19F3N2O/c1-2-14(20,9-5-7-18-8-6-9)19-11-4-3-10(15)12(16)13(11)17/h3-4,9,18-20H,2,5-8H2,1H3. The summed E-state index contributed by atoms with van der Waals surface area (Å²) in [6, 6.07) is 1.95. The van der Waals surface area contributed by atoms with Crippen LogP contribution in [0.2, 0.25) is 0 Å². The maximum Gasteiger partial charge on any atom is 0.196 e. The zero-order valence-electron chi connectivity index (χ0n) is 11.3. The summed E-state index contributed by atoms with van der Waals surface area (Å²) in [5.41, 5.74) is -1.54. The number of halogens is 3. The number of nitrogens with one attached hydrogen (secondary N) is 2. The molecule has 6 heteroatoms. The van der Waals surface area contributed by atoms with E-state index in [1.165, 1.54) is 0 Å². The molecule has 112 valence electrons. The summed E-state index contributed by atoms with van der Waals surface area (Å²) in [4.78, 5) is 0.